The van der Waals surface area contributed by atoms with Crippen LogP contribution in [0.1, 0.15) is 58.8 Å². The monoisotopic (exact) mass is 314 g/mol. The predicted molar refractivity (Wildman–Crippen MR) is 86.7 cm³/mol. The molecule has 3 nitrogen and oxygen atoms in total. The van der Waals surface area contributed by atoms with Crippen LogP contribution in [0, 0.1) is 34.5 Å². The lowest BCUT2D eigenvalue weighted by Gasteiger charge is -2.56. The molecular formula is C20H26O3. The predicted octanol–water partition coefficient (Wildman–Crippen LogP) is 3.51. The third kappa shape index (κ3) is 1.91. The van der Waals surface area contributed by atoms with E-state index in [1.807, 2.05) is 6.08 Å². The van der Waals surface area contributed by atoms with Crippen LogP contribution in [0.25, 0.3) is 0 Å². The summed E-state index contributed by atoms with van der Waals surface area (Å²) in [6, 6.07) is 0. The molecule has 4 aliphatic rings. The second kappa shape index (κ2) is 4.87. The van der Waals surface area contributed by atoms with Crippen molar-refractivity contribution in [1.82, 2.24) is 0 Å². The van der Waals surface area contributed by atoms with Gasteiger partial charge in [-0.3, -0.25) is 9.59 Å². The molecule has 3 fully saturated rings. The number of Topliss-reactive ketones (excluding diaryl/α,β-unsaturated/α-hetero) is 1. The van der Waals surface area contributed by atoms with Crippen molar-refractivity contribution in [2.45, 2.75) is 58.8 Å². The summed E-state index contributed by atoms with van der Waals surface area (Å²) in [5.74, 6) is 1.60. The van der Waals surface area contributed by atoms with E-state index < -0.39 is 0 Å². The minimum Gasteiger partial charge on any atom is -0.303 e. The second-order valence-corrected chi connectivity index (χ2v) is 8.81. The lowest BCUT2D eigenvalue weighted by Crippen LogP contribution is -2.55. The van der Waals surface area contributed by atoms with Crippen LogP contribution in [0.3, 0.4) is 0 Å². The zero-order valence-electron chi connectivity index (χ0n) is 14.1. The molecule has 3 saturated carbocycles. The first-order chi connectivity index (χ1) is 10.9. The Bertz CT molecular complexity index is 618. The highest BCUT2D eigenvalue weighted by Crippen LogP contribution is 2.65. The van der Waals surface area contributed by atoms with Crippen molar-refractivity contribution in [1.29, 1.82) is 0 Å². The van der Waals surface area contributed by atoms with Crippen LogP contribution in [-0.4, -0.2) is 17.9 Å². The average Bonchev–Trinajstić information content (AvgIpc) is 2.83. The average molecular weight is 314 g/mol. The van der Waals surface area contributed by atoms with Crippen LogP contribution in [0.4, 0.5) is 0 Å². The van der Waals surface area contributed by atoms with Gasteiger partial charge in [0.2, 0.25) is 0 Å². The largest absolute Gasteiger partial charge is 0.303 e. The van der Waals surface area contributed by atoms with E-state index in [1.165, 1.54) is 5.57 Å². The molecule has 0 aromatic carbocycles. The van der Waals surface area contributed by atoms with E-state index in [1.54, 1.807) is 0 Å². The van der Waals surface area contributed by atoms with E-state index in [0.29, 0.717) is 30.5 Å². The maximum Gasteiger partial charge on any atom is 0.155 e. The minimum absolute atomic E-state index is 0.0510. The fraction of sp³-hybridized carbons (Fsp3) is 0.750. The van der Waals surface area contributed by atoms with Crippen LogP contribution in [0.2, 0.25) is 0 Å². The second-order valence-electron chi connectivity index (χ2n) is 8.81. The Morgan fingerprint density at radius 3 is 2.65 bits per heavy atom. The molecule has 0 radical (unpaired) electrons. The third-order valence-electron chi connectivity index (χ3n) is 7.89. The highest BCUT2D eigenvalue weighted by Gasteiger charge is 2.62. The first kappa shape index (κ1) is 15.3. The highest BCUT2D eigenvalue weighted by atomic mass is 16.1. The molecule has 23 heavy (non-hydrogen) atoms. The Morgan fingerprint density at radius 1 is 1.13 bits per heavy atom. The van der Waals surface area contributed by atoms with Gasteiger partial charge in [-0.25, -0.2) is 0 Å². The summed E-state index contributed by atoms with van der Waals surface area (Å²) < 4.78 is 0. The van der Waals surface area contributed by atoms with Crippen LogP contribution in [0.5, 0.6) is 0 Å². The molecule has 3 heteroatoms. The summed E-state index contributed by atoms with van der Waals surface area (Å²) in [7, 11) is 0. The van der Waals surface area contributed by atoms with E-state index >= 15 is 0 Å². The quantitative estimate of drug-likeness (QED) is 0.696. The van der Waals surface area contributed by atoms with Crippen molar-refractivity contribution in [3.05, 3.63) is 11.6 Å². The van der Waals surface area contributed by atoms with Crippen LogP contribution < -0.4 is 0 Å². The van der Waals surface area contributed by atoms with Crippen molar-refractivity contribution in [2.75, 3.05) is 0 Å². The summed E-state index contributed by atoms with van der Waals surface area (Å²) in [5, 5.41) is 0. The molecule has 4 rings (SSSR count). The van der Waals surface area contributed by atoms with E-state index in [4.69, 9.17) is 0 Å². The Morgan fingerprint density at radius 2 is 1.91 bits per heavy atom. The number of hydrogen-bond acceptors (Lipinski definition) is 3. The van der Waals surface area contributed by atoms with Gasteiger partial charge >= 0.3 is 0 Å². The number of hydrogen-bond donors (Lipinski definition) is 0. The molecule has 0 N–H and O–H groups in total. The zero-order valence-corrected chi connectivity index (χ0v) is 14.1. The summed E-state index contributed by atoms with van der Waals surface area (Å²) in [5.41, 5.74) is 0.980. The molecule has 4 aliphatic carbocycles. The van der Waals surface area contributed by atoms with E-state index in [2.05, 4.69) is 13.8 Å². The van der Waals surface area contributed by atoms with Crippen molar-refractivity contribution in [3.8, 4) is 0 Å². The molecule has 0 saturated heterocycles. The number of ketones is 2. The smallest absolute Gasteiger partial charge is 0.155 e. The molecular weight excluding hydrogens is 288 g/mol. The fourth-order valence-corrected chi connectivity index (χ4v) is 6.64. The van der Waals surface area contributed by atoms with Gasteiger partial charge in [0.25, 0.3) is 0 Å². The molecule has 0 aliphatic heterocycles. The first-order valence-corrected chi connectivity index (χ1v) is 9.12. The summed E-state index contributed by atoms with van der Waals surface area (Å²) in [6.07, 6.45) is 8.89. The first-order valence-electron chi connectivity index (χ1n) is 9.12. The van der Waals surface area contributed by atoms with E-state index in [0.717, 1.165) is 38.4 Å². The number of carbonyl (C=O) groups is 3. The molecule has 0 bridgehead atoms. The zero-order chi connectivity index (χ0) is 16.4. The maximum atomic E-state index is 13.2. The number of rotatable bonds is 1. The van der Waals surface area contributed by atoms with Gasteiger partial charge < -0.3 is 4.79 Å². The molecule has 6 atom stereocenters. The van der Waals surface area contributed by atoms with Gasteiger partial charge in [0.05, 0.1) is 0 Å². The summed E-state index contributed by atoms with van der Waals surface area (Å²) in [4.78, 5) is 36.5. The van der Waals surface area contributed by atoms with Gasteiger partial charge in [0.1, 0.15) is 12.1 Å². The minimum atomic E-state index is -0.123. The lowest BCUT2D eigenvalue weighted by molar-refractivity contribution is -0.146. The van der Waals surface area contributed by atoms with E-state index in [-0.39, 0.29) is 28.4 Å². The number of aldehydes is 1. The number of carbonyl (C=O) groups excluding carboxylic acids is 3. The third-order valence-corrected chi connectivity index (χ3v) is 7.89. The van der Waals surface area contributed by atoms with Crippen molar-refractivity contribution in [3.63, 3.8) is 0 Å². The fourth-order valence-electron chi connectivity index (χ4n) is 6.64. The number of fused-ring (bicyclic) bond motifs is 5. The van der Waals surface area contributed by atoms with Crippen LogP contribution in [0.15, 0.2) is 11.6 Å². The maximum absolute atomic E-state index is 13.2. The molecule has 0 amide bonds. The lowest BCUT2D eigenvalue weighted by atomic mass is 9.46. The van der Waals surface area contributed by atoms with Gasteiger partial charge in [-0.05, 0) is 60.8 Å². The Labute approximate surface area is 137 Å². The summed E-state index contributed by atoms with van der Waals surface area (Å²) >= 11 is 0. The van der Waals surface area contributed by atoms with Gasteiger partial charge in [-0.1, -0.05) is 19.4 Å². The van der Waals surface area contributed by atoms with Crippen molar-refractivity contribution < 1.29 is 14.4 Å². The Hall–Kier alpha value is -1.25. The van der Waals surface area contributed by atoms with Crippen LogP contribution in [-0.2, 0) is 14.4 Å². The Kier molecular flexibility index (Phi) is 3.24. The van der Waals surface area contributed by atoms with Crippen LogP contribution >= 0.6 is 0 Å². The van der Waals surface area contributed by atoms with Gasteiger partial charge in [-0.15, -0.1) is 0 Å². The molecule has 0 spiro atoms. The number of allylic oxidation sites excluding steroid dienone is 1. The SMILES string of the molecule is C[C@]12CC(=O)C3C(CCC4=CC(=O)CC[C@@]43C)C1CCC2C=O. The van der Waals surface area contributed by atoms with Gasteiger partial charge in [0.15, 0.2) is 5.78 Å². The van der Waals surface area contributed by atoms with Gasteiger partial charge in [0, 0.05) is 24.7 Å². The highest BCUT2D eigenvalue weighted by molar-refractivity contribution is 5.93. The van der Waals surface area contributed by atoms with Crippen molar-refractivity contribution >= 4 is 17.9 Å². The van der Waals surface area contributed by atoms with Crippen molar-refractivity contribution in [2.24, 2.45) is 34.5 Å². The molecule has 4 unspecified atom stereocenters. The molecule has 0 heterocycles. The summed E-state index contributed by atoms with van der Waals surface area (Å²) in [6.45, 7) is 4.39. The molecule has 0 aromatic heterocycles. The Balaban J connectivity index is 1.75. The van der Waals surface area contributed by atoms with E-state index in [9.17, 15) is 14.4 Å². The molecule has 124 valence electrons. The van der Waals surface area contributed by atoms with Gasteiger partial charge in [-0.2, -0.15) is 0 Å². The topological polar surface area (TPSA) is 51.2 Å². The molecule has 0 aromatic rings. The standard InChI is InChI=1S/C20H26O3/c1-19-8-7-14(22)9-12(19)3-5-15-16-6-4-13(11-21)20(16,2)10-17(23)18(15)19/h9,11,13,15-16,18H,3-8,10H2,1-2H3/t13?,15?,16?,18?,19-,20+/m0/s1. The normalized spacial score (nSPS) is 49.0.